The third-order valence-electron chi connectivity index (χ3n) is 3.70. The number of nitrogens with one attached hydrogen (secondary N) is 1. The molecule has 0 aliphatic carbocycles. The zero-order valence-electron chi connectivity index (χ0n) is 15.0. The SMILES string of the molecule is CC(C)(C)OC(=O)NC(CN1CCc2cc(F)ccc21)CS(C)(=O)=O. The van der Waals surface area contributed by atoms with E-state index in [-0.39, 0.29) is 11.6 Å². The Morgan fingerprint density at radius 1 is 1.40 bits per heavy atom. The van der Waals surface area contributed by atoms with Gasteiger partial charge in [-0.25, -0.2) is 17.6 Å². The number of benzene rings is 1. The van der Waals surface area contributed by atoms with Crippen molar-refractivity contribution in [2.45, 2.75) is 38.8 Å². The minimum absolute atomic E-state index is 0.195. The molecular formula is C17H25FN2O4S. The standard InChI is InChI=1S/C17H25FN2O4S/c1-17(2,3)24-16(21)19-14(11-25(4,22)23)10-20-8-7-12-9-13(18)5-6-15(12)20/h5-6,9,14H,7-8,10-11H2,1-4H3,(H,19,21). The number of sulfone groups is 1. The first-order valence-electron chi connectivity index (χ1n) is 8.13. The van der Waals surface area contributed by atoms with E-state index >= 15 is 0 Å². The van der Waals surface area contributed by atoms with Crippen LogP contribution in [0.4, 0.5) is 14.9 Å². The maximum atomic E-state index is 13.3. The van der Waals surface area contributed by atoms with E-state index in [4.69, 9.17) is 4.74 Å². The molecule has 1 amide bonds. The average molecular weight is 372 g/mol. The predicted molar refractivity (Wildman–Crippen MR) is 95.2 cm³/mol. The fraction of sp³-hybridized carbons (Fsp3) is 0.588. The van der Waals surface area contributed by atoms with E-state index in [0.29, 0.717) is 19.5 Å². The van der Waals surface area contributed by atoms with E-state index in [0.717, 1.165) is 17.5 Å². The van der Waals surface area contributed by atoms with Crippen LogP contribution in [0.25, 0.3) is 0 Å². The highest BCUT2D eigenvalue weighted by atomic mass is 32.2. The highest BCUT2D eigenvalue weighted by Crippen LogP contribution is 2.28. The monoisotopic (exact) mass is 372 g/mol. The second-order valence-corrected chi connectivity index (χ2v) is 9.59. The van der Waals surface area contributed by atoms with Crippen molar-refractivity contribution in [3.8, 4) is 0 Å². The van der Waals surface area contributed by atoms with Gasteiger partial charge in [0, 0.05) is 25.0 Å². The first-order chi connectivity index (χ1) is 11.4. The number of ether oxygens (including phenoxy) is 1. The number of anilines is 1. The van der Waals surface area contributed by atoms with Crippen LogP contribution in [0.3, 0.4) is 0 Å². The van der Waals surface area contributed by atoms with Crippen LogP contribution in [0.1, 0.15) is 26.3 Å². The van der Waals surface area contributed by atoms with Gasteiger partial charge in [-0.1, -0.05) is 0 Å². The van der Waals surface area contributed by atoms with Crippen molar-refractivity contribution in [1.29, 1.82) is 0 Å². The summed E-state index contributed by atoms with van der Waals surface area (Å²) in [6.07, 6.45) is 1.16. The van der Waals surface area contributed by atoms with Crippen molar-refractivity contribution < 1.29 is 22.3 Å². The first-order valence-corrected chi connectivity index (χ1v) is 10.2. The molecule has 1 N–H and O–H groups in total. The van der Waals surface area contributed by atoms with Gasteiger partial charge in [0.1, 0.15) is 21.3 Å². The maximum Gasteiger partial charge on any atom is 0.407 e. The van der Waals surface area contributed by atoms with Crippen LogP contribution in [0.15, 0.2) is 18.2 Å². The van der Waals surface area contributed by atoms with Crippen molar-refractivity contribution in [2.75, 3.05) is 30.0 Å². The van der Waals surface area contributed by atoms with E-state index in [9.17, 15) is 17.6 Å². The Morgan fingerprint density at radius 3 is 2.68 bits per heavy atom. The van der Waals surface area contributed by atoms with E-state index < -0.39 is 27.6 Å². The summed E-state index contributed by atoms with van der Waals surface area (Å²) in [7, 11) is -3.30. The van der Waals surface area contributed by atoms with Gasteiger partial charge in [-0.05, 0) is 51.0 Å². The van der Waals surface area contributed by atoms with Crippen molar-refractivity contribution in [1.82, 2.24) is 5.32 Å². The number of carbonyl (C=O) groups is 1. The number of alkyl carbamates (subject to hydrolysis) is 1. The van der Waals surface area contributed by atoms with Gasteiger partial charge in [-0.2, -0.15) is 0 Å². The van der Waals surface area contributed by atoms with Crippen molar-refractivity contribution in [3.05, 3.63) is 29.6 Å². The number of hydrogen-bond donors (Lipinski definition) is 1. The summed E-state index contributed by atoms with van der Waals surface area (Å²) in [6.45, 7) is 6.18. The molecule has 1 atom stereocenters. The maximum absolute atomic E-state index is 13.3. The molecule has 1 unspecified atom stereocenters. The molecule has 140 valence electrons. The normalized spacial score (nSPS) is 15.6. The summed E-state index contributed by atoms with van der Waals surface area (Å²) in [4.78, 5) is 14.0. The molecule has 1 aliphatic heterocycles. The lowest BCUT2D eigenvalue weighted by molar-refractivity contribution is 0.0511. The Kier molecular flexibility index (Phi) is 5.61. The zero-order chi connectivity index (χ0) is 18.8. The molecule has 0 saturated heterocycles. The van der Waals surface area contributed by atoms with Crippen LogP contribution in [0.5, 0.6) is 0 Å². The molecule has 2 rings (SSSR count). The van der Waals surface area contributed by atoms with Gasteiger partial charge in [0.15, 0.2) is 0 Å². The Bertz CT molecular complexity index is 744. The van der Waals surface area contributed by atoms with Gasteiger partial charge in [-0.3, -0.25) is 0 Å². The molecule has 25 heavy (non-hydrogen) atoms. The number of carbonyl (C=O) groups excluding carboxylic acids is 1. The van der Waals surface area contributed by atoms with E-state index in [1.54, 1.807) is 26.8 Å². The van der Waals surface area contributed by atoms with Gasteiger partial charge >= 0.3 is 6.09 Å². The van der Waals surface area contributed by atoms with Crippen molar-refractivity contribution >= 4 is 21.6 Å². The van der Waals surface area contributed by atoms with Crippen LogP contribution in [0, 0.1) is 5.82 Å². The van der Waals surface area contributed by atoms with E-state index in [2.05, 4.69) is 5.32 Å². The fourth-order valence-corrected chi connectivity index (χ4v) is 3.79. The molecule has 1 heterocycles. The van der Waals surface area contributed by atoms with Crippen molar-refractivity contribution in [2.24, 2.45) is 0 Å². The number of amides is 1. The van der Waals surface area contributed by atoms with E-state index in [1.807, 2.05) is 4.90 Å². The van der Waals surface area contributed by atoms with Gasteiger partial charge in [0.05, 0.1) is 11.8 Å². The molecule has 0 spiro atoms. The molecule has 0 fully saturated rings. The summed E-state index contributed by atoms with van der Waals surface area (Å²) in [5, 5.41) is 2.64. The summed E-state index contributed by atoms with van der Waals surface area (Å²) in [6, 6.07) is 3.93. The van der Waals surface area contributed by atoms with Crippen LogP contribution < -0.4 is 10.2 Å². The molecule has 1 aromatic carbocycles. The Hall–Kier alpha value is -1.83. The van der Waals surface area contributed by atoms with Crippen LogP contribution in [-0.4, -0.2) is 51.3 Å². The minimum atomic E-state index is -3.30. The van der Waals surface area contributed by atoms with Crippen LogP contribution in [-0.2, 0) is 21.0 Å². The van der Waals surface area contributed by atoms with Gasteiger partial charge < -0.3 is 15.0 Å². The topological polar surface area (TPSA) is 75.7 Å². The Labute approximate surface area is 148 Å². The highest BCUT2D eigenvalue weighted by Gasteiger charge is 2.27. The Morgan fingerprint density at radius 2 is 2.08 bits per heavy atom. The Balaban J connectivity index is 2.11. The number of hydrogen-bond acceptors (Lipinski definition) is 5. The molecule has 8 heteroatoms. The fourth-order valence-electron chi connectivity index (χ4n) is 2.87. The summed E-state index contributed by atoms with van der Waals surface area (Å²) < 4.78 is 42.0. The lowest BCUT2D eigenvalue weighted by Crippen LogP contribution is -2.48. The molecule has 1 aromatic rings. The molecule has 0 radical (unpaired) electrons. The first kappa shape index (κ1) is 19.5. The molecule has 6 nitrogen and oxygen atoms in total. The lowest BCUT2D eigenvalue weighted by atomic mass is 10.1. The molecule has 1 aliphatic rings. The summed E-state index contributed by atoms with van der Waals surface area (Å²) in [5.74, 6) is -0.487. The molecule has 0 saturated carbocycles. The van der Waals surface area contributed by atoms with Crippen LogP contribution >= 0.6 is 0 Å². The number of halogens is 1. The van der Waals surface area contributed by atoms with E-state index in [1.165, 1.54) is 12.1 Å². The summed E-state index contributed by atoms with van der Waals surface area (Å²) in [5.41, 5.74) is 1.08. The third-order valence-corrected chi connectivity index (χ3v) is 4.71. The molecule has 0 aromatic heterocycles. The second kappa shape index (κ2) is 7.19. The lowest BCUT2D eigenvalue weighted by Gasteiger charge is -2.28. The molecular weight excluding hydrogens is 347 g/mol. The number of nitrogens with zero attached hydrogens (tertiary/aromatic N) is 1. The zero-order valence-corrected chi connectivity index (χ0v) is 15.8. The molecule has 0 bridgehead atoms. The number of rotatable bonds is 5. The highest BCUT2D eigenvalue weighted by molar-refractivity contribution is 7.90. The van der Waals surface area contributed by atoms with Crippen LogP contribution in [0.2, 0.25) is 0 Å². The van der Waals surface area contributed by atoms with Gasteiger partial charge in [0.2, 0.25) is 0 Å². The van der Waals surface area contributed by atoms with Gasteiger partial charge in [0.25, 0.3) is 0 Å². The van der Waals surface area contributed by atoms with Crippen molar-refractivity contribution in [3.63, 3.8) is 0 Å². The third kappa shape index (κ3) is 6.19. The quantitative estimate of drug-likeness (QED) is 0.857. The summed E-state index contributed by atoms with van der Waals surface area (Å²) >= 11 is 0. The minimum Gasteiger partial charge on any atom is -0.444 e. The van der Waals surface area contributed by atoms with Gasteiger partial charge in [-0.15, -0.1) is 0 Å². The second-order valence-electron chi connectivity index (χ2n) is 7.40. The average Bonchev–Trinajstić information content (AvgIpc) is 2.76. The number of fused-ring (bicyclic) bond motifs is 1. The largest absolute Gasteiger partial charge is 0.444 e. The predicted octanol–water partition coefficient (Wildman–Crippen LogP) is 2.13. The smallest absolute Gasteiger partial charge is 0.407 e.